The number of hydrogen-bond donors (Lipinski definition) is 2. The Morgan fingerprint density at radius 3 is 2.19 bits per heavy atom. The number of benzene rings is 2. The van der Waals surface area contributed by atoms with Gasteiger partial charge < -0.3 is 5.73 Å². The summed E-state index contributed by atoms with van der Waals surface area (Å²) in [4.78, 5) is 11.0. The fourth-order valence-electron chi connectivity index (χ4n) is 1.82. The van der Waals surface area contributed by atoms with Crippen molar-refractivity contribution < 1.29 is 17.6 Å². The van der Waals surface area contributed by atoms with Crippen molar-refractivity contribution in [3.05, 3.63) is 66.0 Å². The number of carbonyl (C=O) groups excluding carboxylic acids is 1. The van der Waals surface area contributed by atoms with Gasteiger partial charge in [0.15, 0.2) is 0 Å². The number of hydrogen-bond acceptors (Lipinski definition) is 3. The van der Waals surface area contributed by atoms with Gasteiger partial charge in [-0.2, -0.15) is 4.72 Å². The topological polar surface area (TPSA) is 89.3 Å². The molecule has 0 saturated heterocycles. The highest BCUT2D eigenvalue weighted by molar-refractivity contribution is 7.89. The van der Waals surface area contributed by atoms with E-state index in [0.717, 1.165) is 12.1 Å². The first kappa shape index (κ1) is 15.1. The van der Waals surface area contributed by atoms with Crippen LogP contribution < -0.4 is 10.5 Å². The predicted octanol–water partition coefficient (Wildman–Crippen LogP) is 1.33. The van der Waals surface area contributed by atoms with Gasteiger partial charge in [-0.3, -0.25) is 4.79 Å². The molecule has 5 nitrogen and oxygen atoms in total. The minimum Gasteiger partial charge on any atom is -0.368 e. The Labute approximate surface area is 121 Å². The number of nitrogens with two attached hydrogens (primary N) is 1. The van der Waals surface area contributed by atoms with Gasteiger partial charge in [0.2, 0.25) is 15.9 Å². The van der Waals surface area contributed by atoms with Crippen LogP contribution >= 0.6 is 0 Å². The number of nitrogens with one attached hydrogen (secondary N) is 1. The molecule has 0 aliphatic carbocycles. The van der Waals surface area contributed by atoms with E-state index < -0.39 is 32.7 Å². The molecule has 0 fully saturated rings. The van der Waals surface area contributed by atoms with E-state index >= 15 is 0 Å². The molecule has 0 aliphatic rings. The van der Waals surface area contributed by atoms with Crippen molar-refractivity contribution in [2.45, 2.75) is 10.9 Å². The van der Waals surface area contributed by atoms with Gasteiger partial charge in [-0.1, -0.05) is 42.5 Å². The van der Waals surface area contributed by atoms with Gasteiger partial charge >= 0.3 is 0 Å². The van der Waals surface area contributed by atoms with Crippen LogP contribution in [0.15, 0.2) is 59.5 Å². The van der Waals surface area contributed by atoms with Crippen molar-refractivity contribution in [3.63, 3.8) is 0 Å². The molecule has 2 aromatic rings. The van der Waals surface area contributed by atoms with Crippen LogP contribution in [0.4, 0.5) is 4.39 Å². The fourth-order valence-corrected chi connectivity index (χ4v) is 3.09. The van der Waals surface area contributed by atoms with Crippen LogP contribution in [0.3, 0.4) is 0 Å². The minimum absolute atomic E-state index is 0.380. The Kier molecular flexibility index (Phi) is 4.35. The van der Waals surface area contributed by atoms with Crippen LogP contribution in [0, 0.1) is 5.82 Å². The predicted molar refractivity (Wildman–Crippen MR) is 75.1 cm³/mol. The summed E-state index contributed by atoms with van der Waals surface area (Å²) in [6.07, 6.45) is 0. The van der Waals surface area contributed by atoms with Crippen LogP contribution in [0.1, 0.15) is 11.6 Å². The lowest BCUT2D eigenvalue weighted by atomic mass is 10.1. The van der Waals surface area contributed by atoms with Gasteiger partial charge in [0.1, 0.15) is 16.8 Å². The van der Waals surface area contributed by atoms with Crippen LogP contribution in [0.5, 0.6) is 0 Å². The van der Waals surface area contributed by atoms with Crippen LogP contribution in [-0.2, 0) is 14.8 Å². The molecule has 0 unspecified atom stereocenters. The van der Waals surface area contributed by atoms with E-state index in [1.807, 2.05) is 0 Å². The van der Waals surface area contributed by atoms with Crippen molar-refractivity contribution in [3.8, 4) is 0 Å². The SMILES string of the molecule is NC(=O)[C@@H](NS(=O)(=O)c1ccccc1F)c1ccccc1. The van der Waals surface area contributed by atoms with Crippen molar-refractivity contribution >= 4 is 15.9 Å². The Morgan fingerprint density at radius 1 is 1.05 bits per heavy atom. The number of primary amides is 1. The van der Waals surface area contributed by atoms with E-state index in [9.17, 15) is 17.6 Å². The van der Waals surface area contributed by atoms with E-state index in [-0.39, 0.29) is 0 Å². The summed E-state index contributed by atoms with van der Waals surface area (Å²) in [6, 6.07) is 11.7. The summed E-state index contributed by atoms with van der Waals surface area (Å²) < 4.78 is 40.1. The molecule has 0 aromatic heterocycles. The number of rotatable bonds is 5. The Bertz CT molecular complexity index is 748. The maximum atomic E-state index is 13.6. The summed E-state index contributed by atoms with van der Waals surface area (Å²) in [6.45, 7) is 0. The van der Waals surface area contributed by atoms with E-state index in [1.54, 1.807) is 30.3 Å². The molecule has 1 atom stereocenters. The zero-order valence-electron chi connectivity index (χ0n) is 10.9. The highest BCUT2D eigenvalue weighted by atomic mass is 32.2. The van der Waals surface area contributed by atoms with E-state index in [0.29, 0.717) is 5.56 Å². The molecule has 21 heavy (non-hydrogen) atoms. The second kappa shape index (κ2) is 6.02. The lowest BCUT2D eigenvalue weighted by Crippen LogP contribution is -2.37. The van der Waals surface area contributed by atoms with Crippen LogP contribution in [0.25, 0.3) is 0 Å². The van der Waals surface area contributed by atoms with Crippen molar-refractivity contribution in [1.29, 1.82) is 0 Å². The largest absolute Gasteiger partial charge is 0.368 e. The first-order chi connectivity index (χ1) is 9.92. The molecule has 1 amide bonds. The van der Waals surface area contributed by atoms with Gasteiger partial charge in [0, 0.05) is 0 Å². The lowest BCUT2D eigenvalue weighted by molar-refractivity contribution is -0.119. The molecule has 0 bridgehead atoms. The van der Waals surface area contributed by atoms with Gasteiger partial charge in [0.25, 0.3) is 0 Å². The number of sulfonamides is 1. The van der Waals surface area contributed by atoms with Gasteiger partial charge in [-0.15, -0.1) is 0 Å². The molecule has 0 saturated carbocycles. The molecule has 2 rings (SSSR count). The smallest absolute Gasteiger partial charge is 0.244 e. The summed E-state index contributed by atoms with van der Waals surface area (Å²) in [5.41, 5.74) is 5.61. The molecule has 0 aliphatic heterocycles. The zero-order chi connectivity index (χ0) is 15.5. The monoisotopic (exact) mass is 308 g/mol. The first-order valence-electron chi connectivity index (χ1n) is 6.03. The molecule has 110 valence electrons. The third-order valence-corrected chi connectivity index (χ3v) is 4.27. The molecular weight excluding hydrogens is 295 g/mol. The van der Waals surface area contributed by atoms with E-state index in [4.69, 9.17) is 5.73 Å². The Morgan fingerprint density at radius 2 is 1.62 bits per heavy atom. The maximum Gasteiger partial charge on any atom is 0.244 e. The molecule has 0 radical (unpaired) electrons. The van der Waals surface area contributed by atoms with Gasteiger partial charge in [-0.05, 0) is 17.7 Å². The number of carbonyl (C=O) groups is 1. The highest BCUT2D eigenvalue weighted by Gasteiger charge is 2.27. The standard InChI is InChI=1S/C14H13FN2O3S/c15-11-8-4-5-9-12(11)21(19,20)17-13(14(16)18)10-6-2-1-3-7-10/h1-9,13,17H,(H2,16,18)/t13-/m0/s1. The van der Waals surface area contributed by atoms with Crippen molar-refractivity contribution in [1.82, 2.24) is 4.72 Å². The average Bonchev–Trinajstić information content (AvgIpc) is 2.46. The fraction of sp³-hybridized carbons (Fsp3) is 0.0714. The highest BCUT2D eigenvalue weighted by Crippen LogP contribution is 2.19. The Hall–Kier alpha value is -2.25. The van der Waals surface area contributed by atoms with Crippen molar-refractivity contribution in [2.75, 3.05) is 0 Å². The van der Waals surface area contributed by atoms with Crippen molar-refractivity contribution in [2.24, 2.45) is 5.73 Å². The molecule has 7 heteroatoms. The Balaban J connectivity index is 2.38. The zero-order valence-corrected chi connectivity index (χ0v) is 11.7. The van der Waals surface area contributed by atoms with Crippen LogP contribution in [-0.4, -0.2) is 14.3 Å². The summed E-state index contributed by atoms with van der Waals surface area (Å²) in [5, 5.41) is 0. The quantitative estimate of drug-likeness (QED) is 0.873. The molecular formula is C14H13FN2O3S. The summed E-state index contributed by atoms with van der Waals surface area (Å²) in [5.74, 6) is -1.78. The molecule has 2 aromatic carbocycles. The number of halogens is 1. The second-order valence-corrected chi connectivity index (χ2v) is 5.98. The van der Waals surface area contributed by atoms with Gasteiger partial charge in [0.05, 0.1) is 0 Å². The number of amides is 1. The van der Waals surface area contributed by atoms with E-state index in [1.165, 1.54) is 12.1 Å². The van der Waals surface area contributed by atoms with Crippen LogP contribution in [0.2, 0.25) is 0 Å². The second-order valence-electron chi connectivity index (χ2n) is 4.30. The molecule has 0 spiro atoms. The average molecular weight is 308 g/mol. The normalized spacial score (nSPS) is 12.8. The lowest BCUT2D eigenvalue weighted by Gasteiger charge is -2.16. The third kappa shape index (κ3) is 3.45. The third-order valence-electron chi connectivity index (χ3n) is 2.82. The first-order valence-corrected chi connectivity index (χ1v) is 7.51. The molecule has 3 N–H and O–H groups in total. The van der Waals surface area contributed by atoms with Gasteiger partial charge in [-0.25, -0.2) is 12.8 Å². The minimum atomic E-state index is -4.21. The maximum absolute atomic E-state index is 13.6. The summed E-state index contributed by atoms with van der Waals surface area (Å²) >= 11 is 0. The summed E-state index contributed by atoms with van der Waals surface area (Å²) in [7, 11) is -4.21. The molecule has 0 heterocycles. The van der Waals surface area contributed by atoms with E-state index in [2.05, 4.69) is 4.72 Å².